The van der Waals surface area contributed by atoms with Gasteiger partial charge in [0.2, 0.25) is 0 Å². The predicted molar refractivity (Wildman–Crippen MR) is 582 cm³/mol. The molecule has 1 saturated heterocycles. The Kier molecular flexibility index (Phi) is 24.1. The number of halogens is 1. The lowest BCUT2D eigenvalue weighted by molar-refractivity contribution is -0.169. The zero-order valence-corrected chi connectivity index (χ0v) is 82.9. The molecule has 5 nitrogen and oxygen atoms in total. The second-order valence-corrected chi connectivity index (χ2v) is 45.3. The van der Waals surface area contributed by atoms with Crippen molar-refractivity contribution in [2.75, 3.05) is 7.11 Å². The van der Waals surface area contributed by atoms with Crippen molar-refractivity contribution in [1.29, 1.82) is 0 Å². The highest BCUT2D eigenvalue weighted by atomic mass is 35.5. The molecule has 1 N–H and O–H groups in total. The number of methoxy groups -OCH3 is 1. The Morgan fingerprint density at radius 3 is 1.10 bits per heavy atom. The largest absolute Gasteiger partial charge is 0.892 e. The number of aliphatic hydroxyl groups excluding tert-OH is 1. The molecule has 0 bridgehead atoms. The van der Waals surface area contributed by atoms with Crippen molar-refractivity contribution in [3.05, 3.63) is 389 Å². The summed E-state index contributed by atoms with van der Waals surface area (Å²) in [4.78, 5) is 0. The van der Waals surface area contributed by atoms with Crippen LogP contribution in [0.15, 0.2) is 334 Å². The lowest BCUT2D eigenvalue weighted by Gasteiger charge is -2.39. The second-order valence-electron chi connectivity index (χ2n) is 42.1. The Hall–Kier alpha value is -12.0. The van der Waals surface area contributed by atoms with Crippen LogP contribution in [0.25, 0.3) is 154 Å². The van der Waals surface area contributed by atoms with Gasteiger partial charge in [-0.25, -0.2) is 0 Å². The van der Waals surface area contributed by atoms with Crippen LogP contribution in [0.4, 0.5) is 0 Å². The zero-order valence-electron chi connectivity index (χ0n) is 81.2. The summed E-state index contributed by atoms with van der Waals surface area (Å²) in [7, 11) is 4.43. The highest BCUT2D eigenvalue weighted by Gasteiger charge is 2.53. The Balaban J connectivity index is 0.000000113. The summed E-state index contributed by atoms with van der Waals surface area (Å²) >= 11 is 6.09. The van der Waals surface area contributed by atoms with Gasteiger partial charge in [-0.2, -0.15) is 0 Å². The van der Waals surface area contributed by atoms with Gasteiger partial charge in [0.25, 0.3) is 0 Å². The Bertz CT molecular complexity index is 7740. The number of benzene rings is 18. The van der Waals surface area contributed by atoms with Gasteiger partial charge in [-0.1, -0.05) is 392 Å². The van der Waals surface area contributed by atoms with E-state index in [0.29, 0.717) is 0 Å². The van der Waals surface area contributed by atoms with Crippen LogP contribution in [0.5, 0.6) is 5.75 Å². The molecule has 6 aliphatic carbocycles. The first-order valence-corrected chi connectivity index (χ1v) is 51.3. The molecule has 9 heteroatoms. The number of hydrogen-bond donors (Lipinski definition) is 1. The Labute approximate surface area is 817 Å². The van der Waals surface area contributed by atoms with Crippen LogP contribution in [-0.2, 0) is 37.6 Å². The molecule has 25 rings (SSSR count). The molecule has 680 valence electrons. The summed E-state index contributed by atoms with van der Waals surface area (Å²) in [6, 6.07) is 123. The third-order valence-electron chi connectivity index (χ3n) is 32.4. The molecular formula is C128H119B2ClO5P-. The average molecular weight is 1830 g/mol. The number of fused-ring (bicyclic) bond motifs is 22. The molecule has 2 radical (unpaired) electrons. The molecule has 1 aliphatic heterocycles. The monoisotopic (exact) mass is 1820 g/mol. The van der Waals surface area contributed by atoms with E-state index in [4.69, 9.17) is 30.7 Å². The molecular weight excluding hydrogens is 1710 g/mol. The van der Waals surface area contributed by atoms with Crippen molar-refractivity contribution in [2.24, 2.45) is 0 Å². The van der Waals surface area contributed by atoms with Gasteiger partial charge in [0.05, 0.1) is 24.9 Å². The van der Waals surface area contributed by atoms with E-state index in [1.54, 1.807) is 12.4 Å². The smallest absolute Gasteiger partial charge is 0.494 e. The van der Waals surface area contributed by atoms with E-state index in [1.165, 1.54) is 257 Å². The summed E-state index contributed by atoms with van der Waals surface area (Å²) < 4.78 is 18.5. The minimum atomic E-state index is -0.353. The second kappa shape index (κ2) is 36.1. The van der Waals surface area contributed by atoms with Gasteiger partial charge in [-0.15, -0.1) is 8.05 Å². The minimum absolute atomic E-state index is 0.00190. The van der Waals surface area contributed by atoms with Gasteiger partial charge in [0, 0.05) is 32.2 Å². The normalized spacial score (nSPS) is 16.7. The maximum absolute atomic E-state index is 10.1. The third kappa shape index (κ3) is 16.0. The van der Waals surface area contributed by atoms with Crippen LogP contribution in [0.2, 0.25) is 5.02 Å². The number of aliphatic hydroxyl groups is 1. The first-order chi connectivity index (χ1) is 66.3. The first kappa shape index (κ1) is 91.4. The third-order valence-corrected chi connectivity index (χ3v) is 36.2. The fraction of sp³-hybridized carbons (Fsp3) is 0.250. The summed E-state index contributed by atoms with van der Waals surface area (Å²) in [6.07, 6.45) is 14.0. The van der Waals surface area contributed by atoms with Crippen molar-refractivity contribution in [1.82, 2.24) is 0 Å². The summed E-state index contributed by atoms with van der Waals surface area (Å²) in [5.74, 6) is 0.881. The number of hydrogen-bond acceptors (Lipinski definition) is 5. The van der Waals surface area contributed by atoms with E-state index in [2.05, 4.69) is 394 Å². The molecule has 0 aromatic heterocycles. The molecule has 137 heavy (non-hydrogen) atoms. The van der Waals surface area contributed by atoms with Gasteiger partial charge in [-0.3, -0.25) is 0 Å². The molecule has 0 unspecified atom stereocenters. The molecule has 0 atom stereocenters. The van der Waals surface area contributed by atoms with Crippen LogP contribution in [0.1, 0.15) is 197 Å². The molecule has 18 aromatic carbocycles. The highest BCUT2D eigenvalue weighted by molar-refractivity contribution is 7.67. The van der Waals surface area contributed by atoms with E-state index < -0.39 is 0 Å². The van der Waals surface area contributed by atoms with E-state index >= 15 is 0 Å². The maximum atomic E-state index is 10.1. The minimum Gasteiger partial charge on any atom is -0.892 e. The fourth-order valence-corrected chi connectivity index (χ4v) is 28.4. The van der Waals surface area contributed by atoms with E-state index in [9.17, 15) is 5.11 Å². The standard InChI is InChI=1S/C48H36.C36H37BO2.C26H35O2P.C18H11Cl.BO/c1-47(2)42-12-8-7-11-38(42)39-22-19-33(27-43(39)47)34-20-24-41-40-23-18-32(26-44(40)48(3,4)45(41)28-34)31-17-21-37-35(25-31)16-15-30-14-13-29-9-5-6-10-36(29)46(30)37;1-33(2)29-12-10-9-11-25(29)26-16-13-22(19-30(26)33)23-14-17-27-28-18-15-24(21-32(28)34(3,4)31(27)20-23)37-38-35(5,6)36(7,8)39-37;1-28-24-17-10-11-20(19-27)26(24)23-16-8-9-18-25(23)29(21-12-4-2-5-13-21)22-14-6-3-7-15-22;19-15-9-10-17-14(11-15)8-7-13-6-5-12-3-1-2-4-16(12)18(13)17;1-2/h5-28H,1-4H3;9-21H,1-8H3;8-11,16-18,21-22,27H,2-7,12-15,19H2,1H3;1-11H;/q;;;;-1. The first-order valence-electron chi connectivity index (χ1n) is 49.4. The average Bonchev–Trinajstić information content (AvgIpc) is 1.57. The maximum Gasteiger partial charge on any atom is 0.494 e. The lowest BCUT2D eigenvalue weighted by atomic mass is 9.74. The fourth-order valence-electron chi connectivity index (χ4n) is 24.3. The van der Waals surface area contributed by atoms with Gasteiger partial charge in [0.15, 0.2) is 0 Å². The Morgan fingerprint density at radius 2 is 0.664 bits per heavy atom. The van der Waals surface area contributed by atoms with Crippen molar-refractivity contribution < 1.29 is 24.2 Å². The zero-order chi connectivity index (χ0) is 94.8. The SMILES string of the molecule is CC1(C)c2ccccc2-c2ccc(-c3ccc4c(c3)C(C)(C)c3cc(-c5ccc6c(ccc7ccc8ccccc8c76)c5)ccc3-4)cc21.CC1(C)c2ccccc2-c2ccc(-c3ccc4c(c3)C(C)(C)c3cc(B5OC(C)(C)C(C)(C)O5)ccc3-4)cc21.COc1cccc(CO)c1-c1ccccc1P(C1CCCCC1)C1CCCCC1.Clc1ccc2c(ccc3ccc4ccccc4c32)c1.[B][O-]. The quantitative estimate of drug-likeness (QED) is 0.0839. The topological polar surface area (TPSA) is 71.0 Å². The Morgan fingerprint density at radius 1 is 0.328 bits per heavy atom. The molecule has 3 fully saturated rings. The number of ether oxygens (including phenoxy) is 1. The van der Waals surface area contributed by atoms with Crippen molar-refractivity contribution in [2.45, 2.75) is 198 Å². The van der Waals surface area contributed by atoms with E-state index in [1.807, 2.05) is 30.3 Å². The van der Waals surface area contributed by atoms with Crippen LogP contribution in [0.3, 0.4) is 0 Å². The van der Waals surface area contributed by atoms with Gasteiger partial charge in [-0.05, 0) is 328 Å². The van der Waals surface area contributed by atoms with Crippen molar-refractivity contribution in [3.8, 4) is 94.8 Å². The van der Waals surface area contributed by atoms with Gasteiger partial charge < -0.3 is 24.2 Å². The lowest BCUT2D eigenvalue weighted by Crippen LogP contribution is -2.41. The molecule has 7 aliphatic rings. The summed E-state index contributed by atoms with van der Waals surface area (Å²) in [6.45, 7) is 27.4. The van der Waals surface area contributed by atoms with Crippen molar-refractivity contribution >= 4 is 110 Å². The predicted octanol–water partition coefficient (Wildman–Crippen LogP) is 32.2. The van der Waals surface area contributed by atoms with Gasteiger partial charge >= 0.3 is 7.12 Å². The molecule has 0 spiro atoms. The van der Waals surface area contributed by atoms with E-state index in [-0.39, 0.29) is 54.5 Å². The van der Waals surface area contributed by atoms with Crippen LogP contribution in [0, 0.1) is 0 Å². The van der Waals surface area contributed by atoms with E-state index in [0.717, 1.165) is 38.7 Å². The van der Waals surface area contributed by atoms with Crippen LogP contribution >= 0.6 is 19.5 Å². The number of rotatable bonds is 10. The van der Waals surface area contributed by atoms with Crippen LogP contribution < -0.4 is 20.5 Å². The summed E-state index contributed by atoms with van der Waals surface area (Å²) in [5, 5.41) is 35.6. The van der Waals surface area contributed by atoms with Gasteiger partial charge in [0.1, 0.15) is 5.75 Å². The summed E-state index contributed by atoms with van der Waals surface area (Å²) in [5.41, 5.74) is 35.0. The highest BCUT2D eigenvalue weighted by Crippen LogP contribution is 2.60. The molecule has 0 amide bonds. The van der Waals surface area contributed by atoms with Crippen LogP contribution in [-0.4, -0.2) is 49.9 Å². The van der Waals surface area contributed by atoms with Crippen molar-refractivity contribution in [3.63, 3.8) is 0 Å². The molecule has 1 heterocycles. The molecule has 18 aromatic rings. The molecule has 2 saturated carbocycles.